The number of aromatic nitrogens is 2. The highest BCUT2D eigenvalue weighted by Crippen LogP contribution is 2.32. The zero-order chi connectivity index (χ0) is 13.3. The Labute approximate surface area is 121 Å². The third-order valence-electron chi connectivity index (χ3n) is 3.00. The lowest BCUT2D eigenvalue weighted by molar-refractivity contribution is 0.109. The van der Waals surface area contributed by atoms with Crippen molar-refractivity contribution in [3.05, 3.63) is 21.1 Å². The van der Waals surface area contributed by atoms with E-state index in [0.717, 1.165) is 41.9 Å². The van der Waals surface area contributed by atoms with E-state index >= 15 is 0 Å². The fourth-order valence-corrected chi connectivity index (χ4v) is 3.02. The van der Waals surface area contributed by atoms with Crippen LogP contribution < -0.4 is 0 Å². The average molecular weight is 334 g/mol. The summed E-state index contributed by atoms with van der Waals surface area (Å²) in [6.07, 6.45) is 3.20. The zero-order valence-electron chi connectivity index (χ0n) is 11.0. The van der Waals surface area contributed by atoms with Crippen LogP contribution in [0.2, 0.25) is 5.15 Å². The first kappa shape index (κ1) is 14.2. The van der Waals surface area contributed by atoms with Gasteiger partial charge >= 0.3 is 0 Å². The van der Waals surface area contributed by atoms with Crippen LogP contribution in [-0.2, 0) is 16.6 Å². The largest absolute Gasteiger partial charge is 0.378 e. The first-order valence-corrected chi connectivity index (χ1v) is 7.39. The van der Waals surface area contributed by atoms with Gasteiger partial charge in [0.05, 0.1) is 16.3 Å². The van der Waals surface area contributed by atoms with E-state index in [2.05, 4.69) is 46.7 Å². The van der Waals surface area contributed by atoms with Crippen molar-refractivity contribution < 1.29 is 4.74 Å². The molecule has 1 fully saturated rings. The lowest BCUT2D eigenvalue weighted by Gasteiger charge is -2.21. The van der Waals surface area contributed by atoms with Crippen molar-refractivity contribution >= 4 is 27.5 Å². The molecule has 100 valence electrons. The summed E-state index contributed by atoms with van der Waals surface area (Å²) in [5.41, 5.74) is 0.895. The van der Waals surface area contributed by atoms with E-state index in [4.69, 9.17) is 16.3 Å². The number of nitrogens with zero attached hydrogens (tertiary/aromatic N) is 2. The van der Waals surface area contributed by atoms with Gasteiger partial charge in [-0.1, -0.05) is 32.4 Å². The summed E-state index contributed by atoms with van der Waals surface area (Å²) in [5.74, 6) is 0.778. The average Bonchev–Trinajstić information content (AvgIpc) is 2.74. The monoisotopic (exact) mass is 332 g/mol. The van der Waals surface area contributed by atoms with Crippen LogP contribution in [0.1, 0.15) is 45.1 Å². The summed E-state index contributed by atoms with van der Waals surface area (Å²) < 4.78 is 6.42. The minimum Gasteiger partial charge on any atom is -0.378 e. The van der Waals surface area contributed by atoms with Crippen LogP contribution in [0.4, 0.5) is 0 Å². The van der Waals surface area contributed by atoms with E-state index in [1.807, 2.05) is 0 Å². The van der Waals surface area contributed by atoms with E-state index < -0.39 is 0 Å². The van der Waals surface area contributed by atoms with Crippen molar-refractivity contribution in [1.29, 1.82) is 0 Å². The number of ether oxygens (including phenoxy) is 1. The van der Waals surface area contributed by atoms with Gasteiger partial charge in [-0.2, -0.15) is 0 Å². The standard InChI is InChI=1S/C13H18BrClN2O/c1-13(2,3)11-10(14)12(15)17-9(16-11)7-8-5-4-6-18-8/h8H,4-7H2,1-3H3. The second-order valence-corrected chi connectivity index (χ2v) is 6.83. The third kappa shape index (κ3) is 3.22. The first-order chi connectivity index (χ1) is 8.38. The van der Waals surface area contributed by atoms with Gasteiger partial charge in [0, 0.05) is 18.4 Å². The molecule has 0 saturated carbocycles. The molecular weight excluding hydrogens is 316 g/mol. The molecule has 0 N–H and O–H groups in total. The van der Waals surface area contributed by atoms with Gasteiger partial charge in [-0.05, 0) is 28.8 Å². The molecule has 0 bridgehead atoms. The first-order valence-electron chi connectivity index (χ1n) is 6.22. The minimum absolute atomic E-state index is 0.0588. The van der Waals surface area contributed by atoms with Gasteiger partial charge in [-0.25, -0.2) is 9.97 Å². The van der Waals surface area contributed by atoms with Crippen molar-refractivity contribution in [2.75, 3.05) is 6.61 Å². The Kier molecular flexibility index (Phi) is 4.29. The molecule has 0 aliphatic carbocycles. The Hall–Kier alpha value is -0.190. The molecule has 2 heterocycles. The van der Waals surface area contributed by atoms with E-state index in [9.17, 15) is 0 Å². The van der Waals surface area contributed by atoms with Crippen molar-refractivity contribution in [2.24, 2.45) is 0 Å². The molecule has 1 aromatic rings. The van der Waals surface area contributed by atoms with Gasteiger partial charge in [-0.15, -0.1) is 0 Å². The van der Waals surface area contributed by atoms with Gasteiger partial charge in [0.1, 0.15) is 11.0 Å². The Morgan fingerprint density at radius 2 is 2.11 bits per heavy atom. The van der Waals surface area contributed by atoms with Crippen molar-refractivity contribution in [3.8, 4) is 0 Å². The van der Waals surface area contributed by atoms with Gasteiger partial charge < -0.3 is 4.74 Å². The maximum absolute atomic E-state index is 6.17. The van der Waals surface area contributed by atoms with E-state index in [0.29, 0.717) is 5.15 Å². The minimum atomic E-state index is -0.0588. The van der Waals surface area contributed by atoms with Crippen LogP contribution in [0.3, 0.4) is 0 Å². The number of halogens is 2. The zero-order valence-corrected chi connectivity index (χ0v) is 13.3. The van der Waals surface area contributed by atoms with Crippen LogP contribution >= 0.6 is 27.5 Å². The molecule has 0 amide bonds. The van der Waals surface area contributed by atoms with Crippen molar-refractivity contribution in [2.45, 2.75) is 51.6 Å². The summed E-state index contributed by atoms with van der Waals surface area (Å²) in [4.78, 5) is 8.98. The molecular formula is C13H18BrClN2O. The molecule has 5 heteroatoms. The Bertz CT molecular complexity index is 439. The van der Waals surface area contributed by atoms with Crippen LogP contribution in [0.15, 0.2) is 4.47 Å². The maximum Gasteiger partial charge on any atom is 0.147 e. The van der Waals surface area contributed by atoms with Gasteiger partial charge in [0.2, 0.25) is 0 Å². The van der Waals surface area contributed by atoms with Crippen LogP contribution in [-0.4, -0.2) is 22.7 Å². The topological polar surface area (TPSA) is 35.0 Å². The van der Waals surface area contributed by atoms with Crippen LogP contribution in [0.25, 0.3) is 0 Å². The third-order valence-corrected chi connectivity index (χ3v) is 4.25. The summed E-state index contributed by atoms with van der Waals surface area (Å²) >= 11 is 9.65. The SMILES string of the molecule is CC(C)(C)c1nc(CC2CCCO2)nc(Cl)c1Br. The number of rotatable bonds is 2. The highest BCUT2D eigenvalue weighted by atomic mass is 79.9. The molecule has 2 rings (SSSR count). The highest BCUT2D eigenvalue weighted by molar-refractivity contribution is 9.10. The molecule has 1 atom stereocenters. The Morgan fingerprint density at radius 1 is 1.39 bits per heavy atom. The molecule has 3 nitrogen and oxygen atoms in total. The van der Waals surface area contributed by atoms with Crippen molar-refractivity contribution in [1.82, 2.24) is 9.97 Å². The molecule has 1 saturated heterocycles. The molecule has 0 radical (unpaired) electrons. The van der Waals surface area contributed by atoms with Crippen LogP contribution in [0.5, 0.6) is 0 Å². The molecule has 0 spiro atoms. The molecule has 1 unspecified atom stereocenters. The molecule has 1 aliphatic rings. The highest BCUT2D eigenvalue weighted by Gasteiger charge is 2.24. The normalized spacial score (nSPS) is 20.4. The Balaban J connectivity index is 2.28. The second kappa shape index (κ2) is 5.43. The lowest BCUT2D eigenvalue weighted by atomic mass is 9.92. The van der Waals surface area contributed by atoms with Gasteiger partial charge in [0.25, 0.3) is 0 Å². The fourth-order valence-electron chi connectivity index (χ4n) is 2.06. The van der Waals surface area contributed by atoms with Crippen LogP contribution in [0, 0.1) is 0 Å². The summed E-state index contributed by atoms with van der Waals surface area (Å²) in [6, 6.07) is 0. The number of hydrogen-bond acceptors (Lipinski definition) is 3. The van der Waals surface area contributed by atoms with Gasteiger partial charge in [-0.3, -0.25) is 0 Å². The summed E-state index contributed by atoms with van der Waals surface area (Å²) in [7, 11) is 0. The number of hydrogen-bond donors (Lipinski definition) is 0. The predicted octanol–water partition coefficient (Wildman–Crippen LogP) is 3.91. The van der Waals surface area contributed by atoms with E-state index in [-0.39, 0.29) is 11.5 Å². The molecule has 0 aromatic carbocycles. The lowest BCUT2D eigenvalue weighted by Crippen LogP contribution is -2.19. The summed E-state index contributed by atoms with van der Waals surface area (Å²) in [5, 5.41) is 0.489. The predicted molar refractivity (Wildman–Crippen MR) is 76.1 cm³/mol. The molecule has 1 aliphatic heterocycles. The fraction of sp³-hybridized carbons (Fsp3) is 0.692. The van der Waals surface area contributed by atoms with Gasteiger partial charge in [0.15, 0.2) is 0 Å². The van der Waals surface area contributed by atoms with E-state index in [1.165, 1.54) is 0 Å². The summed E-state index contributed by atoms with van der Waals surface area (Å²) in [6.45, 7) is 7.20. The smallest absolute Gasteiger partial charge is 0.147 e. The maximum atomic E-state index is 6.17. The molecule has 1 aromatic heterocycles. The van der Waals surface area contributed by atoms with Crippen molar-refractivity contribution in [3.63, 3.8) is 0 Å². The van der Waals surface area contributed by atoms with E-state index in [1.54, 1.807) is 0 Å². The Morgan fingerprint density at radius 3 is 2.67 bits per heavy atom. The quantitative estimate of drug-likeness (QED) is 0.770. The molecule has 18 heavy (non-hydrogen) atoms. The second-order valence-electron chi connectivity index (χ2n) is 5.68.